The fourth-order valence-corrected chi connectivity index (χ4v) is 3.01. The molecule has 0 aliphatic rings. The molecular weight excluding hydrogens is 287 g/mol. The Morgan fingerprint density at radius 2 is 1.94 bits per heavy atom. The number of hydrogen-bond acceptors (Lipinski definition) is 3. The van der Waals surface area contributed by atoms with Gasteiger partial charge in [0.25, 0.3) is 0 Å². The molecule has 0 saturated heterocycles. The molecule has 94 valence electrons. The van der Waals surface area contributed by atoms with Crippen molar-refractivity contribution in [1.29, 1.82) is 0 Å². The van der Waals surface area contributed by atoms with E-state index in [-0.39, 0.29) is 5.75 Å². The van der Waals surface area contributed by atoms with Gasteiger partial charge in [0, 0.05) is 10.0 Å². The second kappa shape index (κ2) is 5.71. The number of hydrogen-bond donors (Lipinski definition) is 1. The third-order valence-corrected chi connectivity index (χ3v) is 4.19. The van der Waals surface area contributed by atoms with Crippen LogP contribution in [0.25, 0.3) is 0 Å². The van der Waals surface area contributed by atoms with Crippen molar-refractivity contribution in [2.24, 2.45) is 0 Å². The maximum absolute atomic E-state index is 11.6. The molecule has 0 aromatic heterocycles. The van der Waals surface area contributed by atoms with E-state index in [9.17, 15) is 13.2 Å². The first-order valence-electron chi connectivity index (χ1n) is 4.66. The van der Waals surface area contributed by atoms with Crippen LogP contribution in [0.4, 0.5) is 0 Å². The van der Waals surface area contributed by atoms with Crippen LogP contribution in [0.5, 0.6) is 0 Å². The summed E-state index contributed by atoms with van der Waals surface area (Å²) in [6.45, 7) is 0. The molecule has 0 heterocycles. The number of benzene rings is 1. The summed E-state index contributed by atoms with van der Waals surface area (Å²) in [5.41, 5.74) is 0.379. The molecule has 1 aromatic carbocycles. The second-order valence-corrected chi connectivity index (χ2v) is 6.50. The van der Waals surface area contributed by atoms with Crippen molar-refractivity contribution in [3.8, 4) is 0 Å². The normalized spacial score (nSPS) is 11.4. The first kappa shape index (κ1) is 14.3. The van der Waals surface area contributed by atoms with Gasteiger partial charge in [0.15, 0.2) is 9.84 Å². The minimum atomic E-state index is -3.49. The van der Waals surface area contributed by atoms with Crippen molar-refractivity contribution in [1.82, 2.24) is 0 Å². The van der Waals surface area contributed by atoms with Gasteiger partial charge in [-0.15, -0.1) is 0 Å². The molecule has 7 heteroatoms. The summed E-state index contributed by atoms with van der Waals surface area (Å²) in [5.74, 6) is -1.86. The smallest absolute Gasteiger partial charge is 0.304 e. The summed E-state index contributed by atoms with van der Waals surface area (Å²) in [5, 5.41) is 9.12. The maximum atomic E-state index is 11.6. The molecule has 17 heavy (non-hydrogen) atoms. The topological polar surface area (TPSA) is 71.4 Å². The van der Waals surface area contributed by atoms with E-state index in [1.807, 2.05) is 0 Å². The molecule has 1 aromatic rings. The standard InChI is InChI=1S/C10H10Cl2O4S/c11-8-1-2-9(12)7(5-8)6-17(15,16)4-3-10(13)14/h1-2,5H,3-4,6H2,(H,13,14). The summed E-state index contributed by atoms with van der Waals surface area (Å²) in [7, 11) is -3.49. The van der Waals surface area contributed by atoms with Gasteiger partial charge in [-0.3, -0.25) is 4.79 Å². The molecule has 0 radical (unpaired) electrons. The predicted octanol–water partition coefficient (Wildman–Crippen LogP) is 2.38. The van der Waals surface area contributed by atoms with E-state index in [0.29, 0.717) is 15.6 Å². The van der Waals surface area contributed by atoms with Crippen LogP contribution in [0.2, 0.25) is 10.0 Å². The number of rotatable bonds is 5. The van der Waals surface area contributed by atoms with Gasteiger partial charge >= 0.3 is 5.97 Å². The Morgan fingerprint density at radius 3 is 2.53 bits per heavy atom. The third kappa shape index (κ3) is 4.93. The van der Waals surface area contributed by atoms with Gasteiger partial charge in [0.2, 0.25) is 0 Å². The second-order valence-electron chi connectivity index (χ2n) is 3.47. The molecule has 0 atom stereocenters. The van der Waals surface area contributed by atoms with E-state index in [0.717, 1.165) is 0 Å². The van der Waals surface area contributed by atoms with Crippen molar-refractivity contribution in [2.75, 3.05) is 5.75 Å². The number of carbonyl (C=O) groups is 1. The summed E-state index contributed by atoms with van der Waals surface area (Å²) in [6.07, 6.45) is -0.416. The number of sulfone groups is 1. The zero-order valence-corrected chi connectivity index (χ0v) is 11.0. The highest BCUT2D eigenvalue weighted by atomic mass is 35.5. The van der Waals surface area contributed by atoms with E-state index in [1.165, 1.54) is 12.1 Å². The Kier molecular flexibility index (Phi) is 4.80. The number of carboxylic acid groups (broad SMARTS) is 1. The van der Waals surface area contributed by atoms with Gasteiger partial charge < -0.3 is 5.11 Å². The van der Waals surface area contributed by atoms with Crippen LogP contribution in [-0.4, -0.2) is 25.2 Å². The lowest BCUT2D eigenvalue weighted by Gasteiger charge is -2.05. The molecule has 0 amide bonds. The monoisotopic (exact) mass is 296 g/mol. The molecule has 1 rings (SSSR count). The van der Waals surface area contributed by atoms with E-state index in [2.05, 4.69) is 0 Å². The molecule has 0 aliphatic carbocycles. The van der Waals surface area contributed by atoms with Gasteiger partial charge in [0.1, 0.15) is 0 Å². The minimum Gasteiger partial charge on any atom is -0.481 e. The van der Waals surface area contributed by atoms with Crippen LogP contribution in [-0.2, 0) is 20.4 Å². The molecule has 4 nitrogen and oxygen atoms in total. The molecule has 0 aliphatic heterocycles. The lowest BCUT2D eigenvalue weighted by Crippen LogP contribution is -2.13. The highest BCUT2D eigenvalue weighted by Crippen LogP contribution is 2.22. The maximum Gasteiger partial charge on any atom is 0.304 e. The third-order valence-electron chi connectivity index (χ3n) is 2.01. The molecule has 1 N–H and O–H groups in total. The molecule has 0 saturated carbocycles. The minimum absolute atomic E-state index is 0.299. The first-order chi connectivity index (χ1) is 7.80. The van der Waals surface area contributed by atoms with E-state index < -0.39 is 28.0 Å². The number of aliphatic carboxylic acids is 1. The van der Waals surface area contributed by atoms with Crippen LogP contribution in [0.1, 0.15) is 12.0 Å². The Hall–Kier alpha value is -0.780. The average Bonchev–Trinajstić information content (AvgIpc) is 2.20. The lowest BCUT2D eigenvalue weighted by molar-refractivity contribution is -0.136. The summed E-state index contributed by atoms with van der Waals surface area (Å²) in [6, 6.07) is 4.52. The van der Waals surface area contributed by atoms with Crippen molar-refractivity contribution in [3.05, 3.63) is 33.8 Å². The fourth-order valence-electron chi connectivity index (χ4n) is 1.21. The summed E-state index contributed by atoms with van der Waals surface area (Å²) < 4.78 is 23.2. The quantitative estimate of drug-likeness (QED) is 0.905. The van der Waals surface area contributed by atoms with Crippen LogP contribution < -0.4 is 0 Å². The summed E-state index contributed by atoms with van der Waals surface area (Å²) in [4.78, 5) is 10.3. The van der Waals surface area contributed by atoms with Crippen molar-refractivity contribution in [2.45, 2.75) is 12.2 Å². The molecule has 0 fully saturated rings. The first-order valence-corrected chi connectivity index (χ1v) is 7.24. The van der Waals surface area contributed by atoms with Gasteiger partial charge in [-0.25, -0.2) is 8.42 Å². The molecule has 0 unspecified atom stereocenters. The van der Waals surface area contributed by atoms with Gasteiger partial charge in [-0.05, 0) is 23.8 Å². The Balaban J connectivity index is 2.83. The Morgan fingerprint density at radius 1 is 1.29 bits per heavy atom. The van der Waals surface area contributed by atoms with Crippen LogP contribution in [0, 0.1) is 0 Å². The number of carboxylic acids is 1. The van der Waals surface area contributed by atoms with Gasteiger partial charge in [-0.1, -0.05) is 23.2 Å². The molecule has 0 bridgehead atoms. The Labute approximate surface area is 109 Å². The SMILES string of the molecule is O=C(O)CCS(=O)(=O)Cc1cc(Cl)ccc1Cl. The highest BCUT2D eigenvalue weighted by molar-refractivity contribution is 7.90. The zero-order chi connectivity index (χ0) is 13.1. The lowest BCUT2D eigenvalue weighted by atomic mass is 10.2. The van der Waals surface area contributed by atoms with Crippen LogP contribution in [0.15, 0.2) is 18.2 Å². The summed E-state index contributed by atoms with van der Waals surface area (Å²) >= 11 is 11.6. The molecular formula is C10H10Cl2O4S. The predicted molar refractivity (Wildman–Crippen MR) is 66.2 cm³/mol. The Bertz CT molecular complexity index is 525. The zero-order valence-electron chi connectivity index (χ0n) is 8.69. The van der Waals surface area contributed by atoms with Crippen molar-refractivity contribution >= 4 is 39.0 Å². The van der Waals surface area contributed by atoms with Crippen molar-refractivity contribution in [3.63, 3.8) is 0 Å². The van der Waals surface area contributed by atoms with Crippen LogP contribution in [0.3, 0.4) is 0 Å². The molecule has 0 spiro atoms. The van der Waals surface area contributed by atoms with E-state index in [4.69, 9.17) is 28.3 Å². The largest absolute Gasteiger partial charge is 0.481 e. The fraction of sp³-hybridized carbons (Fsp3) is 0.300. The van der Waals surface area contributed by atoms with Crippen molar-refractivity contribution < 1.29 is 18.3 Å². The van der Waals surface area contributed by atoms with Crippen LogP contribution >= 0.6 is 23.2 Å². The van der Waals surface area contributed by atoms with E-state index >= 15 is 0 Å². The van der Waals surface area contributed by atoms with Gasteiger partial charge in [-0.2, -0.15) is 0 Å². The highest BCUT2D eigenvalue weighted by Gasteiger charge is 2.16. The average molecular weight is 297 g/mol. The number of halogens is 2. The van der Waals surface area contributed by atoms with E-state index in [1.54, 1.807) is 6.07 Å². The van der Waals surface area contributed by atoms with Gasteiger partial charge in [0.05, 0.1) is 17.9 Å².